The predicted octanol–water partition coefficient (Wildman–Crippen LogP) is 2.62. The summed E-state index contributed by atoms with van der Waals surface area (Å²) >= 11 is 0. The Morgan fingerprint density at radius 1 is 1.43 bits per heavy atom. The molecule has 1 saturated heterocycles. The Morgan fingerprint density at radius 3 is 2.89 bits per heavy atom. The molecule has 1 N–H and O–H groups in total. The van der Waals surface area contributed by atoms with Crippen molar-refractivity contribution in [3.05, 3.63) is 47.7 Å². The molecule has 10 heteroatoms. The van der Waals surface area contributed by atoms with Gasteiger partial charge in [-0.15, -0.1) is 0 Å². The van der Waals surface area contributed by atoms with Crippen LogP contribution >= 0.6 is 0 Å². The molecule has 1 aromatic heterocycles. The van der Waals surface area contributed by atoms with Gasteiger partial charge < -0.3 is 19.4 Å². The van der Waals surface area contributed by atoms with E-state index < -0.39 is 17.6 Å². The number of nitrogens with one attached hydrogen (secondary N) is 1. The van der Waals surface area contributed by atoms with Crippen LogP contribution in [0.5, 0.6) is 5.75 Å². The van der Waals surface area contributed by atoms with Crippen LogP contribution in [0.1, 0.15) is 35.3 Å². The van der Waals surface area contributed by atoms with Gasteiger partial charge in [-0.2, -0.15) is 13.2 Å². The zero-order valence-electron chi connectivity index (χ0n) is 15.0. The highest BCUT2D eigenvalue weighted by Gasteiger charge is 2.31. The van der Waals surface area contributed by atoms with E-state index in [9.17, 15) is 22.8 Å². The topological polar surface area (TPSA) is 84.7 Å². The Hall–Kier alpha value is -3.04. The van der Waals surface area contributed by atoms with Gasteiger partial charge in [0, 0.05) is 19.5 Å². The zero-order chi connectivity index (χ0) is 20.3. The third-order valence-electron chi connectivity index (χ3n) is 4.24. The maximum atomic E-state index is 12.7. The molecule has 1 fully saturated rings. The first-order valence-corrected chi connectivity index (χ1v) is 8.59. The van der Waals surface area contributed by atoms with Gasteiger partial charge in [-0.1, -0.05) is 6.07 Å². The van der Waals surface area contributed by atoms with Crippen LogP contribution < -0.4 is 10.1 Å². The number of benzene rings is 1. The summed E-state index contributed by atoms with van der Waals surface area (Å²) in [4.78, 5) is 29.5. The van der Waals surface area contributed by atoms with Crippen molar-refractivity contribution in [2.45, 2.75) is 32.2 Å². The molecule has 1 atom stereocenters. The Balaban J connectivity index is 1.56. The van der Waals surface area contributed by atoms with Crippen molar-refractivity contribution in [3.8, 4) is 5.75 Å². The van der Waals surface area contributed by atoms with Gasteiger partial charge >= 0.3 is 6.18 Å². The van der Waals surface area contributed by atoms with Crippen molar-refractivity contribution in [2.75, 3.05) is 13.1 Å². The van der Waals surface area contributed by atoms with Crippen LogP contribution in [-0.4, -0.2) is 40.8 Å². The minimum absolute atomic E-state index is 0.00292. The van der Waals surface area contributed by atoms with E-state index in [1.165, 1.54) is 12.1 Å². The lowest BCUT2D eigenvalue weighted by molar-refractivity contribution is -0.137. The van der Waals surface area contributed by atoms with Gasteiger partial charge in [0.2, 0.25) is 11.8 Å². The Bertz CT molecular complexity index is 866. The fourth-order valence-corrected chi connectivity index (χ4v) is 2.82. The lowest BCUT2D eigenvalue weighted by Gasteiger charge is -2.13. The van der Waals surface area contributed by atoms with Crippen LogP contribution in [0, 0.1) is 0 Å². The molecule has 2 amide bonds. The summed E-state index contributed by atoms with van der Waals surface area (Å²) in [5.41, 5.74) is -0.824. The highest BCUT2D eigenvalue weighted by Crippen LogP contribution is 2.31. The van der Waals surface area contributed by atoms with Gasteiger partial charge in [-0.3, -0.25) is 9.59 Å². The van der Waals surface area contributed by atoms with Crippen molar-refractivity contribution in [2.24, 2.45) is 0 Å². The first kappa shape index (κ1) is 19.7. The number of ether oxygens (including phenoxy) is 1. The second kappa shape index (κ2) is 7.91. The molecule has 7 nitrogen and oxygen atoms in total. The summed E-state index contributed by atoms with van der Waals surface area (Å²) in [5, 5.41) is 2.71. The third-order valence-corrected chi connectivity index (χ3v) is 4.24. The molecule has 0 spiro atoms. The SMILES string of the molecule is CCN1CC(NC(=O)c2coc(COc3cccc(C(F)(F)F)c3)n2)CC1=O. The number of hydrogen-bond acceptors (Lipinski definition) is 5. The van der Waals surface area contributed by atoms with Crippen LogP contribution in [0.3, 0.4) is 0 Å². The maximum absolute atomic E-state index is 12.7. The number of carbonyl (C=O) groups is 2. The summed E-state index contributed by atoms with van der Waals surface area (Å²) in [7, 11) is 0. The van der Waals surface area contributed by atoms with Crippen molar-refractivity contribution in [1.82, 2.24) is 15.2 Å². The number of rotatable bonds is 6. The minimum Gasteiger partial charge on any atom is -0.484 e. The lowest BCUT2D eigenvalue weighted by Crippen LogP contribution is -2.37. The Labute approximate surface area is 158 Å². The molecular weight excluding hydrogens is 379 g/mol. The number of amides is 2. The number of aromatic nitrogens is 1. The van der Waals surface area contributed by atoms with E-state index >= 15 is 0 Å². The van der Waals surface area contributed by atoms with Crippen LogP contribution in [0.4, 0.5) is 13.2 Å². The first-order chi connectivity index (χ1) is 13.3. The molecule has 28 heavy (non-hydrogen) atoms. The first-order valence-electron chi connectivity index (χ1n) is 8.59. The molecule has 0 radical (unpaired) electrons. The number of hydrogen-bond donors (Lipinski definition) is 1. The standard InChI is InChI=1S/C18H18F3N3O4/c1-2-24-8-12(7-16(24)25)22-17(26)14-9-28-15(23-14)10-27-13-5-3-4-11(6-13)18(19,20)21/h3-6,9,12H,2,7-8,10H2,1H3,(H,22,26). The predicted molar refractivity (Wildman–Crippen MR) is 90.4 cm³/mol. The van der Waals surface area contributed by atoms with E-state index in [-0.39, 0.29) is 42.3 Å². The quantitative estimate of drug-likeness (QED) is 0.810. The highest BCUT2D eigenvalue weighted by atomic mass is 19.4. The van der Waals surface area contributed by atoms with Gasteiger partial charge in [0.15, 0.2) is 12.3 Å². The monoisotopic (exact) mass is 397 g/mol. The molecular formula is C18H18F3N3O4. The van der Waals surface area contributed by atoms with Crippen LogP contribution in [0.25, 0.3) is 0 Å². The molecule has 1 aromatic carbocycles. The number of carbonyl (C=O) groups excluding carboxylic acids is 2. The Kier molecular flexibility index (Phi) is 5.57. The molecule has 0 saturated carbocycles. The molecule has 2 heterocycles. The molecule has 3 rings (SSSR count). The molecule has 150 valence electrons. The van der Waals surface area contributed by atoms with Crippen molar-refractivity contribution < 1.29 is 31.9 Å². The second-order valence-corrected chi connectivity index (χ2v) is 6.25. The Morgan fingerprint density at radius 2 is 2.21 bits per heavy atom. The normalized spacial score (nSPS) is 17.1. The van der Waals surface area contributed by atoms with E-state index in [4.69, 9.17) is 9.15 Å². The van der Waals surface area contributed by atoms with Crippen LogP contribution in [0.15, 0.2) is 34.9 Å². The number of halogens is 3. The summed E-state index contributed by atoms with van der Waals surface area (Å²) in [6, 6.07) is 4.11. The lowest BCUT2D eigenvalue weighted by atomic mass is 10.2. The fourth-order valence-electron chi connectivity index (χ4n) is 2.82. The summed E-state index contributed by atoms with van der Waals surface area (Å²) in [6.45, 7) is 2.63. The van der Waals surface area contributed by atoms with E-state index in [2.05, 4.69) is 10.3 Å². The van der Waals surface area contributed by atoms with Gasteiger partial charge in [0.25, 0.3) is 5.91 Å². The van der Waals surface area contributed by atoms with Gasteiger partial charge in [-0.05, 0) is 25.1 Å². The van der Waals surface area contributed by atoms with Crippen LogP contribution in [0.2, 0.25) is 0 Å². The summed E-state index contributed by atoms with van der Waals surface area (Å²) < 4.78 is 48.5. The molecule has 1 aliphatic rings. The third kappa shape index (κ3) is 4.62. The number of oxazole rings is 1. The largest absolute Gasteiger partial charge is 0.484 e. The van der Waals surface area contributed by atoms with E-state index in [0.717, 1.165) is 18.4 Å². The van der Waals surface area contributed by atoms with Crippen molar-refractivity contribution in [1.29, 1.82) is 0 Å². The average Bonchev–Trinajstić information content (AvgIpc) is 3.26. The van der Waals surface area contributed by atoms with Gasteiger partial charge in [-0.25, -0.2) is 4.98 Å². The summed E-state index contributed by atoms with van der Waals surface area (Å²) in [5.74, 6) is -0.476. The highest BCUT2D eigenvalue weighted by molar-refractivity contribution is 5.93. The zero-order valence-corrected chi connectivity index (χ0v) is 15.0. The van der Waals surface area contributed by atoms with Gasteiger partial charge in [0.1, 0.15) is 12.0 Å². The number of alkyl halides is 3. The fraction of sp³-hybridized carbons (Fsp3) is 0.389. The van der Waals surface area contributed by atoms with Crippen LogP contribution in [-0.2, 0) is 17.6 Å². The average molecular weight is 397 g/mol. The van der Waals surface area contributed by atoms with E-state index in [1.807, 2.05) is 6.92 Å². The van der Waals surface area contributed by atoms with E-state index in [1.54, 1.807) is 4.90 Å². The molecule has 0 bridgehead atoms. The van der Waals surface area contributed by atoms with Crippen molar-refractivity contribution in [3.63, 3.8) is 0 Å². The smallest absolute Gasteiger partial charge is 0.416 e. The maximum Gasteiger partial charge on any atom is 0.416 e. The second-order valence-electron chi connectivity index (χ2n) is 6.25. The van der Waals surface area contributed by atoms with Gasteiger partial charge in [0.05, 0.1) is 11.6 Å². The molecule has 1 aliphatic heterocycles. The number of likely N-dealkylation sites (N-methyl/N-ethyl adjacent to an activating group) is 1. The number of nitrogens with zero attached hydrogens (tertiary/aromatic N) is 2. The number of likely N-dealkylation sites (tertiary alicyclic amines) is 1. The van der Waals surface area contributed by atoms with E-state index in [0.29, 0.717) is 13.1 Å². The molecule has 1 unspecified atom stereocenters. The van der Waals surface area contributed by atoms with Crippen molar-refractivity contribution >= 4 is 11.8 Å². The summed E-state index contributed by atoms with van der Waals surface area (Å²) in [6.07, 6.45) is -3.11. The minimum atomic E-state index is -4.47. The molecule has 2 aromatic rings. The molecule has 0 aliphatic carbocycles.